The Morgan fingerprint density at radius 3 is 2.88 bits per heavy atom. The molecule has 0 fully saturated rings. The highest BCUT2D eigenvalue weighted by atomic mass is 16.5. The molecule has 0 radical (unpaired) electrons. The molecular weight excluding hydrogens is 318 g/mol. The van der Waals surface area contributed by atoms with Gasteiger partial charge < -0.3 is 14.3 Å². The summed E-state index contributed by atoms with van der Waals surface area (Å²) in [6, 6.07) is 9.12. The minimum absolute atomic E-state index is 0.0183. The van der Waals surface area contributed by atoms with Crippen LogP contribution in [0.5, 0.6) is 0 Å². The van der Waals surface area contributed by atoms with Crippen LogP contribution in [-0.4, -0.2) is 35.0 Å². The van der Waals surface area contributed by atoms with Gasteiger partial charge in [0.25, 0.3) is 5.91 Å². The number of fused-ring (bicyclic) bond motifs is 1. The van der Waals surface area contributed by atoms with Crippen LogP contribution in [0.4, 0.5) is 5.69 Å². The number of rotatable bonds is 2. The SMILES string of the molecule is CCC#CCN1Cc2ccccc2N(C(=O)c2ccno2)CCC1=O. The van der Waals surface area contributed by atoms with E-state index in [1.807, 2.05) is 31.2 Å². The molecule has 2 amide bonds. The zero-order chi connectivity index (χ0) is 17.6. The third-order valence-corrected chi connectivity index (χ3v) is 4.01. The van der Waals surface area contributed by atoms with Gasteiger partial charge in [0.2, 0.25) is 11.7 Å². The van der Waals surface area contributed by atoms with Crippen molar-refractivity contribution in [2.45, 2.75) is 26.3 Å². The van der Waals surface area contributed by atoms with Gasteiger partial charge in [-0.2, -0.15) is 0 Å². The summed E-state index contributed by atoms with van der Waals surface area (Å²) in [5.41, 5.74) is 1.69. The molecule has 1 aliphatic heterocycles. The summed E-state index contributed by atoms with van der Waals surface area (Å²) < 4.78 is 4.99. The number of aromatic nitrogens is 1. The molecule has 0 spiro atoms. The molecule has 0 aliphatic carbocycles. The van der Waals surface area contributed by atoms with Crippen LogP contribution < -0.4 is 4.90 Å². The summed E-state index contributed by atoms with van der Waals surface area (Å²) in [5, 5.41) is 3.59. The van der Waals surface area contributed by atoms with E-state index in [0.717, 1.165) is 17.7 Å². The first-order chi connectivity index (χ1) is 12.2. The Morgan fingerprint density at radius 1 is 1.28 bits per heavy atom. The Bertz CT molecular complexity index is 818. The van der Waals surface area contributed by atoms with Gasteiger partial charge in [-0.05, 0) is 11.6 Å². The Hall–Kier alpha value is -3.07. The fraction of sp³-hybridized carbons (Fsp3) is 0.316. The van der Waals surface area contributed by atoms with Crippen LogP contribution in [0.3, 0.4) is 0 Å². The van der Waals surface area contributed by atoms with Gasteiger partial charge in [0, 0.05) is 37.7 Å². The van der Waals surface area contributed by atoms with E-state index in [1.54, 1.807) is 9.80 Å². The maximum atomic E-state index is 12.7. The molecule has 0 saturated carbocycles. The summed E-state index contributed by atoms with van der Waals surface area (Å²) in [5.74, 6) is 5.86. The van der Waals surface area contributed by atoms with Crippen molar-refractivity contribution in [2.24, 2.45) is 0 Å². The second-order valence-corrected chi connectivity index (χ2v) is 5.67. The van der Waals surface area contributed by atoms with Crippen LogP contribution in [0, 0.1) is 11.8 Å². The molecule has 0 atom stereocenters. The third-order valence-electron chi connectivity index (χ3n) is 4.01. The highest BCUT2D eigenvalue weighted by Crippen LogP contribution is 2.26. The predicted octanol–water partition coefficient (Wildman–Crippen LogP) is 2.47. The number of anilines is 1. The van der Waals surface area contributed by atoms with Crippen molar-refractivity contribution in [3.63, 3.8) is 0 Å². The minimum atomic E-state index is -0.294. The molecule has 0 bridgehead atoms. The van der Waals surface area contributed by atoms with E-state index in [0.29, 0.717) is 13.1 Å². The zero-order valence-corrected chi connectivity index (χ0v) is 14.1. The minimum Gasteiger partial charge on any atom is -0.351 e. The molecule has 6 nitrogen and oxygen atoms in total. The predicted molar refractivity (Wildman–Crippen MR) is 92.7 cm³/mol. The fourth-order valence-electron chi connectivity index (χ4n) is 2.78. The molecule has 0 unspecified atom stereocenters. The number of carbonyl (C=O) groups excluding carboxylic acids is 2. The Morgan fingerprint density at radius 2 is 2.12 bits per heavy atom. The van der Waals surface area contributed by atoms with E-state index in [2.05, 4.69) is 17.0 Å². The lowest BCUT2D eigenvalue weighted by atomic mass is 10.1. The van der Waals surface area contributed by atoms with Crippen LogP contribution in [0.25, 0.3) is 0 Å². The van der Waals surface area contributed by atoms with Crippen molar-refractivity contribution in [1.82, 2.24) is 10.1 Å². The topological polar surface area (TPSA) is 66.7 Å². The molecule has 0 saturated heterocycles. The van der Waals surface area contributed by atoms with Gasteiger partial charge >= 0.3 is 0 Å². The van der Waals surface area contributed by atoms with Crippen LogP contribution in [0.2, 0.25) is 0 Å². The van der Waals surface area contributed by atoms with Gasteiger partial charge in [-0.15, -0.1) is 5.92 Å². The maximum absolute atomic E-state index is 12.7. The van der Waals surface area contributed by atoms with Crippen molar-refractivity contribution in [3.8, 4) is 11.8 Å². The first kappa shape index (κ1) is 16.8. The highest BCUT2D eigenvalue weighted by Gasteiger charge is 2.27. The molecular formula is C19H19N3O3. The summed E-state index contributed by atoms with van der Waals surface area (Å²) in [7, 11) is 0. The molecule has 128 valence electrons. The average Bonchev–Trinajstić information content (AvgIpc) is 3.15. The number of carbonyl (C=O) groups is 2. The number of hydrogen-bond donors (Lipinski definition) is 0. The van der Waals surface area contributed by atoms with E-state index in [-0.39, 0.29) is 30.5 Å². The highest BCUT2D eigenvalue weighted by molar-refractivity contribution is 6.05. The van der Waals surface area contributed by atoms with Crippen molar-refractivity contribution in [2.75, 3.05) is 18.0 Å². The van der Waals surface area contributed by atoms with E-state index in [1.165, 1.54) is 12.3 Å². The maximum Gasteiger partial charge on any atom is 0.296 e. The molecule has 1 aliphatic rings. The molecule has 0 N–H and O–H groups in total. The van der Waals surface area contributed by atoms with Gasteiger partial charge in [0.05, 0.1) is 12.7 Å². The number of para-hydroxylation sites is 1. The lowest BCUT2D eigenvalue weighted by Gasteiger charge is -2.30. The smallest absolute Gasteiger partial charge is 0.296 e. The zero-order valence-electron chi connectivity index (χ0n) is 14.1. The summed E-state index contributed by atoms with van der Waals surface area (Å²) in [6.45, 7) is 3.09. The number of hydrogen-bond acceptors (Lipinski definition) is 4. The van der Waals surface area contributed by atoms with Gasteiger partial charge in [-0.1, -0.05) is 36.2 Å². The summed E-state index contributed by atoms with van der Waals surface area (Å²) >= 11 is 0. The average molecular weight is 337 g/mol. The van der Waals surface area contributed by atoms with Gasteiger partial charge in [0.15, 0.2) is 0 Å². The van der Waals surface area contributed by atoms with E-state index in [4.69, 9.17) is 4.52 Å². The molecule has 1 aromatic heterocycles. The first-order valence-electron chi connectivity index (χ1n) is 8.24. The monoisotopic (exact) mass is 337 g/mol. The number of benzene rings is 1. The molecule has 2 aromatic rings. The number of amides is 2. The molecule has 2 heterocycles. The van der Waals surface area contributed by atoms with Crippen LogP contribution in [0.15, 0.2) is 41.1 Å². The fourth-order valence-corrected chi connectivity index (χ4v) is 2.78. The van der Waals surface area contributed by atoms with Crippen molar-refractivity contribution < 1.29 is 14.1 Å². The van der Waals surface area contributed by atoms with E-state index >= 15 is 0 Å². The second kappa shape index (κ2) is 7.67. The first-order valence-corrected chi connectivity index (χ1v) is 8.24. The third kappa shape index (κ3) is 3.72. The van der Waals surface area contributed by atoms with Gasteiger partial charge in [-0.3, -0.25) is 9.59 Å². The van der Waals surface area contributed by atoms with Crippen LogP contribution >= 0.6 is 0 Å². The lowest BCUT2D eigenvalue weighted by molar-refractivity contribution is -0.131. The summed E-state index contributed by atoms with van der Waals surface area (Å²) in [4.78, 5) is 28.6. The number of nitrogens with zero attached hydrogens (tertiary/aromatic N) is 3. The normalized spacial score (nSPS) is 14.2. The lowest BCUT2D eigenvalue weighted by Crippen LogP contribution is -2.40. The molecule has 3 rings (SSSR count). The van der Waals surface area contributed by atoms with Crippen LogP contribution in [0.1, 0.15) is 35.9 Å². The van der Waals surface area contributed by atoms with Crippen molar-refractivity contribution in [3.05, 3.63) is 47.9 Å². The van der Waals surface area contributed by atoms with Crippen molar-refractivity contribution >= 4 is 17.5 Å². The van der Waals surface area contributed by atoms with Gasteiger partial charge in [0.1, 0.15) is 0 Å². The second-order valence-electron chi connectivity index (χ2n) is 5.67. The van der Waals surface area contributed by atoms with E-state index in [9.17, 15) is 9.59 Å². The van der Waals surface area contributed by atoms with Crippen molar-refractivity contribution in [1.29, 1.82) is 0 Å². The molecule has 6 heteroatoms. The van der Waals surface area contributed by atoms with Gasteiger partial charge in [-0.25, -0.2) is 0 Å². The van der Waals surface area contributed by atoms with E-state index < -0.39 is 0 Å². The Kier molecular flexibility index (Phi) is 5.14. The van der Waals surface area contributed by atoms with Crippen LogP contribution in [-0.2, 0) is 11.3 Å². The Balaban J connectivity index is 1.92. The summed E-state index contributed by atoms with van der Waals surface area (Å²) in [6.07, 6.45) is 2.43. The standard InChI is InChI=1S/C19H19N3O3/c1-2-3-6-12-21-14-15-7-4-5-8-16(15)22(13-10-18(21)23)19(24)17-9-11-20-25-17/h4-5,7-9,11H,2,10,12-14H2,1H3. The Labute approximate surface area is 146 Å². The molecule has 25 heavy (non-hydrogen) atoms. The molecule has 1 aromatic carbocycles. The quantitative estimate of drug-likeness (QED) is 0.790. The largest absolute Gasteiger partial charge is 0.351 e.